The van der Waals surface area contributed by atoms with Crippen molar-refractivity contribution in [1.82, 2.24) is 19.9 Å². The summed E-state index contributed by atoms with van der Waals surface area (Å²) in [4.78, 5) is 17.1. The van der Waals surface area contributed by atoms with Crippen LogP contribution in [0.25, 0.3) is 22.6 Å². The molecule has 1 atom stereocenters. The lowest BCUT2D eigenvalue weighted by Gasteiger charge is -2.10. The van der Waals surface area contributed by atoms with Crippen LogP contribution >= 0.6 is 23.1 Å². The van der Waals surface area contributed by atoms with Gasteiger partial charge >= 0.3 is 6.61 Å². The van der Waals surface area contributed by atoms with Gasteiger partial charge in [0.15, 0.2) is 11.0 Å². The van der Waals surface area contributed by atoms with Crippen LogP contribution in [0.3, 0.4) is 0 Å². The number of nitrogen functional groups attached to an aromatic ring is 1. The van der Waals surface area contributed by atoms with Crippen LogP contribution in [0.2, 0.25) is 0 Å². The standard InChI is InChI=1S/C21H18F2N6O2S2/c1-12(18(30)26-20-25-16(11-32-20)13-5-3-2-4-6-13)33-21-28-27-17(29(21)24)14-7-9-15(10-8-14)31-19(22)23/h2-12,19H,24H2,1H3,(H,25,26,30)/t12-/m0/s1. The number of thioether (sulfide) groups is 1. The van der Waals surface area contributed by atoms with E-state index < -0.39 is 11.9 Å². The van der Waals surface area contributed by atoms with E-state index in [1.54, 1.807) is 19.1 Å². The van der Waals surface area contributed by atoms with E-state index in [0.29, 0.717) is 21.7 Å². The van der Waals surface area contributed by atoms with Crippen LogP contribution in [0.5, 0.6) is 5.75 Å². The smallest absolute Gasteiger partial charge is 0.387 e. The first-order valence-corrected chi connectivity index (χ1v) is 11.4. The largest absolute Gasteiger partial charge is 0.435 e. The number of halogens is 2. The minimum absolute atomic E-state index is 0.0225. The maximum atomic E-state index is 12.6. The van der Waals surface area contributed by atoms with Gasteiger partial charge in [-0.15, -0.1) is 21.5 Å². The summed E-state index contributed by atoms with van der Waals surface area (Å²) < 4.78 is 30.2. The van der Waals surface area contributed by atoms with Gasteiger partial charge in [-0.05, 0) is 31.2 Å². The summed E-state index contributed by atoms with van der Waals surface area (Å²) >= 11 is 2.47. The number of anilines is 1. The number of amides is 1. The Balaban J connectivity index is 1.39. The topological polar surface area (TPSA) is 108 Å². The van der Waals surface area contributed by atoms with Crippen molar-refractivity contribution in [1.29, 1.82) is 0 Å². The molecule has 2 aromatic heterocycles. The van der Waals surface area contributed by atoms with Gasteiger partial charge in [0.2, 0.25) is 11.1 Å². The molecule has 4 rings (SSSR count). The number of nitrogens with two attached hydrogens (primary N) is 1. The van der Waals surface area contributed by atoms with Crippen molar-refractivity contribution in [3.8, 4) is 28.4 Å². The van der Waals surface area contributed by atoms with Crippen LogP contribution in [-0.4, -0.2) is 37.6 Å². The molecule has 2 heterocycles. The summed E-state index contributed by atoms with van der Waals surface area (Å²) in [7, 11) is 0. The van der Waals surface area contributed by atoms with Gasteiger partial charge in [-0.2, -0.15) is 8.78 Å². The van der Waals surface area contributed by atoms with Crippen molar-refractivity contribution in [3.05, 3.63) is 60.0 Å². The minimum Gasteiger partial charge on any atom is -0.435 e. The second kappa shape index (κ2) is 9.96. The molecule has 0 saturated carbocycles. The summed E-state index contributed by atoms with van der Waals surface area (Å²) in [6.07, 6.45) is 0. The van der Waals surface area contributed by atoms with Crippen LogP contribution in [0, 0.1) is 0 Å². The highest BCUT2D eigenvalue weighted by Gasteiger charge is 2.21. The van der Waals surface area contributed by atoms with E-state index in [1.807, 2.05) is 35.7 Å². The van der Waals surface area contributed by atoms with E-state index in [0.717, 1.165) is 23.0 Å². The fourth-order valence-corrected chi connectivity index (χ4v) is 4.32. The highest BCUT2D eigenvalue weighted by molar-refractivity contribution is 8.00. The predicted octanol–water partition coefficient (Wildman–Crippen LogP) is 4.50. The lowest BCUT2D eigenvalue weighted by atomic mass is 10.2. The Morgan fingerprint density at radius 2 is 1.85 bits per heavy atom. The first-order valence-electron chi connectivity index (χ1n) is 9.65. The van der Waals surface area contributed by atoms with E-state index in [9.17, 15) is 13.6 Å². The maximum Gasteiger partial charge on any atom is 0.387 e. The number of rotatable bonds is 8. The van der Waals surface area contributed by atoms with E-state index in [4.69, 9.17) is 5.84 Å². The number of thiazole rings is 1. The van der Waals surface area contributed by atoms with E-state index in [1.165, 1.54) is 28.1 Å². The number of carbonyl (C=O) groups is 1. The van der Waals surface area contributed by atoms with E-state index in [-0.39, 0.29) is 11.7 Å². The molecule has 170 valence electrons. The number of carbonyl (C=O) groups excluding carboxylic acids is 1. The summed E-state index contributed by atoms with van der Waals surface area (Å²) in [6, 6.07) is 15.5. The highest BCUT2D eigenvalue weighted by atomic mass is 32.2. The van der Waals surface area contributed by atoms with Crippen molar-refractivity contribution in [2.24, 2.45) is 0 Å². The molecule has 0 saturated heterocycles. The third-order valence-electron chi connectivity index (χ3n) is 4.46. The molecule has 0 radical (unpaired) electrons. The number of aromatic nitrogens is 4. The quantitative estimate of drug-likeness (QED) is 0.278. The summed E-state index contributed by atoms with van der Waals surface area (Å²) in [5, 5.41) is 13.1. The van der Waals surface area contributed by atoms with Crippen LogP contribution in [0.15, 0.2) is 65.1 Å². The Labute approximate surface area is 195 Å². The van der Waals surface area contributed by atoms with Crippen LogP contribution in [0.4, 0.5) is 13.9 Å². The molecule has 0 aliphatic rings. The first-order chi connectivity index (χ1) is 15.9. The van der Waals surface area contributed by atoms with Gasteiger partial charge in [-0.25, -0.2) is 9.66 Å². The number of hydrogen-bond acceptors (Lipinski definition) is 8. The lowest BCUT2D eigenvalue weighted by Crippen LogP contribution is -2.23. The Hall–Kier alpha value is -3.51. The van der Waals surface area contributed by atoms with E-state index >= 15 is 0 Å². The maximum absolute atomic E-state index is 12.6. The normalized spacial score (nSPS) is 12.0. The first kappa shape index (κ1) is 22.7. The second-order valence-corrected chi connectivity index (χ2v) is 8.90. The van der Waals surface area contributed by atoms with Gasteiger partial charge in [0, 0.05) is 16.5 Å². The minimum atomic E-state index is -2.90. The molecule has 8 nitrogen and oxygen atoms in total. The van der Waals surface area contributed by atoms with Gasteiger partial charge in [0.1, 0.15) is 5.75 Å². The number of ether oxygens (including phenoxy) is 1. The molecule has 3 N–H and O–H groups in total. The Bertz CT molecular complexity index is 1230. The van der Waals surface area contributed by atoms with Crippen molar-refractivity contribution >= 4 is 34.1 Å². The van der Waals surface area contributed by atoms with Crippen LogP contribution in [0.1, 0.15) is 6.92 Å². The Morgan fingerprint density at radius 1 is 1.12 bits per heavy atom. The average molecular weight is 489 g/mol. The molecule has 4 aromatic rings. The molecule has 2 aromatic carbocycles. The van der Waals surface area contributed by atoms with Gasteiger partial charge < -0.3 is 15.9 Å². The number of alkyl halides is 2. The summed E-state index contributed by atoms with van der Waals surface area (Å²) in [5.41, 5.74) is 2.31. The Morgan fingerprint density at radius 3 is 2.55 bits per heavy atom. The number of benzene rings is 2. The number of nitrogens with zero attached hydrogens (tertiary/aromatic N) is 4. The molecule has 0 fully saturated rings. The molecule has 0 aliphatic carbocycles. The lowest BCUT2D eigenvalue weighted by molar-refractivity contribution is -0.115. The third kappa shape index (κ3) is 5.46. The molecule has 12 heteroatoms. The van der Waals surface area contributed by atoms with Gasteiger partial charge in [-0.3, -0.25) is 4.79 Å². The van der Waals surface area contributed by atoms with Gasteiger partial charge in [0.25, 0.3) is 0 Å². The predicted molar refractivity (Wildman–Crippen MR) is 124 cm³/mol. The zero-order chi connectivity index (χ0) is 23.4. The Kier molecular flexibility index (Phi) is 6.84. The third-order valence-corrected chi connectivity index (χ3v) is 6.27. The monoisotopic (exact) mass is 488 g/mol. The van der Waals surface area contributed by atoms with Crippen molar-refractivity contribution in [2.45, 2.75) is 23.9 Å². The highest BCUT2D eigenvalue weighted by Crippen LogP contribution is 2.28. The number of hydrogen-bond donors (Lipinski definition) is 2. The second-order valence-electron chi connectivity index (χ2n) is 6.73. The summed E-state index contributed by atoms with van der Waals surface area (Å²) in [5.74, 6) is 6.19. The zero-order valence-corrected chi connectivity index (χ0v) is 18.8. The van der Waals surface area contributed by atoms with Gasteiger partial charge in [0.05, 0.1) is 10.9 Å². The van der Waals surface area contributed by atoms with Crippen LogP contribution in [-0.2, 0) is 4.79 Å². The fraction of sp³-hybridized carbons (Fsp3) is 0.143. The molecule has 0 unspecified atom stereocenters. The molecule has 0 spiro atoms. The van der Waals surface area contributed by atoms with Crippen molar-refractivity contribution in [2.75, 3.05) is 11.2 Å². The summed E-state index contributed by atoms with van der Waals surface area (Å²) in [6.45, 7) is -1.18. The van der Waals surface area contributed by atoms with Crippen molar-refractivity contribution in [3.63, 3.8) is 0 Å². The molecule has 1 amide bonds. The molecular weight excluding hydrogens is 470 g/mol. The van der Waals surface area contributed by atoms with Crippen molar-refractivity contribution < 1.29 is 18.3 Å². The number of nitrogens with one attached hydrogen (secondary N) is 1. The van der Waals surface area contributed by atoms with Gasteiger partial charge in [-0.1, -0.05) is 42.1 Å². The fourth-order valence-electron chi connectivity index (χ4n) is 2.83. The van der Waals surface area contributed by atoms with Crippen LogP contribution < -0.4 is 15.9 Å². The molecule has 33 heavy (non-hydrogen) atoms. The zero-order valence-electron chi connectivity index (χ0n) is 17.2. The molecule has 0 aliphatic heterocycles. The SMILES string of the molecule is C[C@H](Sc1nnc(-c2ccc(OC(F)F)cc2)n1N)C(=O)Nc1nc(-c2ccccc2)cs1. The molecule has 0 bridgehead atoms. The molecular formula is C21H18F2N6O2S2. The average Bonchev–Trinajstić information content (AvgIpc) is 3.41. The van der Waals surface area contributed by atoms with E-state index in [2.05, 4.69) is 25.2 Å².